The Morgan fingerprint density at radius 1 is 1.19 bits per heavy atom. The fraction of sp³-hybridized carbons (Fsp3) is 0.565. The molecule has 1 aromatic heterocycles. The van der Waals surface area contributed by atoms with Gasteiger partial charge >= 0.3 is 0 Å². The molecule has 1 fully saturated rings. The summed E-state index contributed by atoms with van der Waals surface area (Å²) in [4.78, 5) is 27.4. The van der Waals surface area contributed by atoms with Crippen LogP contribution in [0.1, 0.15) is 58.1 Å². The normalized spacial score (nSPS) is 14.5. The molecule has 3 rings (SSSR count). The van der Waals surface area contributed by atoms with E-state index in [1.54, 1.807) is 25.3 Å². The van der Waals surface area contributed by atoms with Gasteiger partial charge in [-0.3, -0.25) is 9.59 Å². The summed E-state index contributed by atoms with van der Waals surface area (Å²) in [5.41, 5.74) is 0.584. The Hall–Kier alpha value is -2.90. The molecule has 0 bridgehead atoms. The van der Waals surface area contributed by atoms with Crippen LogP contribution in [0.2, 0.25) is 0 Å². The molecule has 1 saturated carbocycles. The Morgan fingerprint density at radius 2 is 1.97 bits per heavy atom. The van der Waals surface area contributed by atoms with Crippen LogP contribution in [0.3, 0.4) is 0 Å². The Bertz CT molecular complexity index is 935. The standard InChI is InChI=1S/C23H32N4O4/c1-15(2)14-31-19-11-9-16(13-20(19)30-3)22-25-23(29)18(26-27-22)10-12-21(28)24-17-7-5-4-6-8-17/h9,11,13,15,17H,4-8,10,12,14H2,1-3H3,(H,24,28)(H,25,27,29). The lowest BCUT2D eigenvalue weighted by molar-refractivity contribution is -0.122. The zero-order chi connectivity index (χ0) is 22.2. The third kappa shape index (κ3) is 6.54. The van der Waals surface area contributed by atoms with E-state index in [9.17, 15) is 9.59 Å². The molecule has 1 aliphatic carbocycles. The summed E-state index contributed by atoms with van der Waals surface area (Å²) in [5, 5.41) is 11.3. The zero-order valence-corrected chi connectivity index (χ0v) is 18.6. The molecule has 0 aliphatic heterocycles. The number of ether oxygens (including phenoxy) is 2. The van der Waals surface area contributed by atoms with Crippen LogP contribution in [0.25, 0.3) is 11.4 Å². The highest BCUT2D eigenvalue weighted by Gasteiger charge is 2.17. The number of aromatic amines is 1. The van der Waals surface area contributed by atoms with Gasteiger partial charge in [-0.15, -0.1) is 10.2 Å². The number of H-pyrrole nitrogens is 1. The summed E-state index contributed by atoms with van der Waals surface area (Å²) >= 11 is 0. The fourth-order valence-corrected chi connectivity index (χ4v) is 3.62. The predicted molar refractivity (Wildman–Crippen MR) is 118 cm³/mol. The zero-order valence-electron chi connectivity index (χ0n) is 18.6. The molecular formula is C23H32N4O4. The van der Waals surface area contributed by atoms with Crippen molar-refractivity contribution in [3.05, 3.63) is 34.2 Å². The van der Waals surface area contributed by atoms with Crippen LogP contribution in [0.4, 0.5) is 0 Å². The second-order valence-electron chi connectivity index (χ2n) is 8.42. The van der Waals surface area contributed by atoms with Crippen molar-refractivity contribution in [1.29, 1.82) is 0 Å². The second kappa shape index (κ2) is 10.9. The van der Waals surface area contributed by atoms with Gasteiger partial charge in [0.1, 0.15) is 5.69 Å². The van der Waals surface area contributed by atoms with E-state index in [2.05, 4.69) is 34.3 Å². The Morgan fingerprint density at radius 3 is 2.65 bits per heavy atom. The van der Waals surface area contributed by atoms with Crippen molar-refractivity contribution in [1.82, 2.24) is 20.5 Å². The summed E-state index contributed by atoms with van der Waals surface area (Å²) in [7, 11) is 1.57. The number of carbonyl (C=O) groups is 1. The molecule has 31 heavy (non-hydrogen) atoms. The molecule has 0 radical (unpaired) electrons. The van der Waals surface area contributed by atoms with E-state index in [0.29, 0.717) is 35.4 Å². The monoisotopic (exact) mass is 428 g/mol. The maximum Gasteiger partial charge on any atom is 0.273 e. The number of rotatable bonds is 9. The molecule has 1 heterocycles. The van der Waals surface area contributed by atoms with Crippen molar-refractivity contribution in [2.75, 3.05) is 13.7 Å². The van der Waals surface area contributed by atoms with Gasteiger partial charge in [0, 0.05) is 24.4 Å². The topological polar surface area (TPSA) is 106 Å². The predicted octanol–water partition coefficient (Wildman–Crippen LogP) is 3.26. The van der Waals surface area contributed by atoms with Gasteiger partial charge in [0.05, 0.1) is 13.7 Å². The average Bonchev–Trinajstić information content (AvgIpc) is 2.77. The minimum atomic E-state index is -0.338. The minimum Gasteiger partial charge on any atom is -0.493 e. The number of nitrogens with zero attached hydrogens (tertiary/aromatic N) is 2. The lowest BCUT2D eigenvalue weighted by atomic mass is 9.95. The lowest BCUT2D eigenvalue weighted by Gasteiger charge is -2.22. The molecule has 8 heteroatoms. The van der Waals surface area contributed by atoms with Crippen molar-refractivity contribution in [3.8, 4) is 22.9 Å². The summed E-state index contributed by atoms with van der Waals surface area (Å²) < 4.78 is 11.2. The molecule has 0 spiro atoms. The maximum atomic E-state index is 12.5. The van der Waals surface area contributed by atoms with Gasteiger partial charge in [0.2, 0.25) is 5.91 Å². The number of aromatic nitrogens is 3. The number of benzene rings is 1. The van der Waals surface area contributed by atoms with E-state index in [1.807, 2.05) is 0 Å². The van der Waals surface area contributed by atoms with Crippen LogP contribution in [-0.2, 0) is 11.2 Å². The van der Waals surface area contributed by atoms with E-state index in [1.165, 1.54) is 6.42 Å². The highest BCUT2D eigenvalue weighted by molar-refractivity contribution is 5.76. The molecule has 0 unspecified atom stereocenters. The molecule has 2 N–H and O–H groups in total. The molecule has 0 saturated heterocycles. The number of carbonyl (C=O) groups excluding carboxylic acids is 1. The van der Waals surface area contributed by atoms with Crippen LogP contribution in [-0.4, -0.2) is 40.8 Å². The molecule has 1 aliphatic rings. The maximum absolute atomic E-state index is 12.5. The highest BCUT2D eigenvalue weighted by atomic mass is 16.5. The first-order valence-corrected chi connectivity index (χ1v) is 11.0. The second-order valence-corrected chi connectivity index (χ2v) is 8.42. The minimum absolute atomic E-state index is 0.0427. The smallest absolute Gasteiger partial charge is 0.273 e. The van der Waals surface area contributed by atoms with Crippen LogP contribution < -0.4 is 20.3 Å². The number of nitrogens with one attached hydrogen (secondary N) is 2. The molecule has 8 nitrogen and oxygen atoms in total. The van der Waals surface area contributed by atoms with Crippen LogP contribution >= 0.6 is 0 Å². The van der Waals surface area contributed by atoms with Gasteiger partial charge in [0.25, 0.3) is 5.56 Å². The SMILES string of the molecule is COc1cc(-c2nnc(CCC(=O)NC3CCCCC3)c(=O)[nH]2)ccc1OCC(C)C. The van der Waals surface area contributed by atoms with E-state index in [0.717, 1.165) is 25.7 Å². The average molecular weight is 429 g/mol. The van der Waals surface area contributed by atoms with Gasteiger partial charge in [-0.25, -0.2) is 0 Å². The number of aryl methyl sites for hydroxylation is 1. The first kappa shape index (κ1) is 22.8. The quantitative estimate of drug-likeness (QED) is 0.635. The van der Waals surface area contributed by atoms with Crippen LogP contribution in [0.5, 0.6) is 11.5 Å². The van der Waals surface area contributed by atoms with Crippen molar-refractivity contribution >= 4 is 5.91 Å². The molecule has 0 atom stereocenters. The molecule has 1 aromatic carbocycles. The first-order chi connectivity index (χ1) is 15.0. The van der Waals surface area contributed by atoms with Crippen molar-refractivity contribution in [3.63, 3.8) is 0 Å². The molecule has 168 valence electrons. The van der Waals surface area contributed by atoms with E-state index in [4.69, 9.17) is 9.47 Å². The lowest BCUT2D eigenvalue weighted by Crippen LogP contribution is -2.36. The number of hydrogen-bond donors (Lipinski definition) is 2. The van der Waals surface area contributed by atoms with E-state index in [-0.39, 0.29) is 36.0 Å². The van der Waals surface area contributed by atoms with Gasteiger partial charge in [0.15, 0.2) is 17.3 Å². The van der Waals surface area contributed by atoms with E-state index >= 15 is 0 Å². The van der Waals surface area contributed by atoms with E-state index < -0.39 is 0 Å². The van der Waals surface area contributed by atoms with Gasteiger partial charge in [-0.05, 0) is 37.0 Å². The molecular weight excluding hydrogens is 396 g/mol. The molecule has 2 aromatic rings. The number of hydrogen-bond acceptors (Lipinski definition) is 6. The highest BCUT2D eigenvalue weighted by Crippen LogP contribution is 2.31. The third-order valence-electron chi connectivity index (χ3n) is 5.33. The fourth-order valence-electron chi connectivity index (χ4n) is 3.62. The number of methoxy groups -OCH3 is 1. The van der Waals surface area contributed by atoms with Crippen LogP contribution in [0, 0.1) is 5.92 Å². The van der Waals surface area contributed by atoms with Gasteiger partial charge in [-0.2, -0.15) is 0 Å². The Labute approximate surface area is 182 Å². The summed E-state index contributed by atoms with van der Waals surface area (Å²) in [6, 6.07) is 5.61. The van der Waals surface area contributed by atoms with Crippen LogP contribution in [0.15, 0.2) is 23.0 Å². The van der Waals surface area contributed by atoms with Gasteiger partial charge in [-0.1, -0.05) is 33.1 Å². The Balaban J connectivity index is 1.63. The first-order valence-electron chi connectivity index (χ1n) is 11.0. The largest absolute Gasteiger partial charge is 0.493 e. The summed E-state index contributed by atoms with van der Waals surface area (Å²) in [6.07, 6.45) is 6.11. The summed E-state index contributed by atoms with van der Waals surface area (Å²) in [5.74, 6) is 1.89. The number of amides is 1. The summed E-state index contributed by atoms with van der Waals surface area (Å²) in [6.45, 7) is 4.72. The van der Waals surface area contributed by atoms with Crippen molar-refractivity contribution in [2.45, 2.75) is 64.8 Å². The van der Waals surface area contributed by atoms with Crippen molar-refractivity contribution in [2.24, 2.45) is 5.92 Å². The molecule has 1 amide bonds. The van der Waals surface area contributed by atoms with Crippen molar-refractivity contribution < 1.29 is 14.3 Å². The van der Waals surface area contributed by atoms with Gasteiger partial charge < -0.3 is 19.8 Å². The Kier molecular flexibility index (Phi) is 8.03. The third-order valence-corrected chi connectivity index (χ3v) is 5.33.